The van der Waals surface area contributed by atoms with Crippen molar-refractivity contribution in [2.24, 2.45) is 5.92 Å². The van der Waals surface area contributed by atoms with Crippen LogP contribution in [0.1, 0.15) is 26.7 Å². The molecule has 2 fully saturated rings. The van der Waals surface area contributed by atoms with Gasteiger partial charge in [0.2, 0.25) is 0 Å². The van der Waals surface area contributed by atoms with Gasteiger partial charge in [-0.2, -0.15) is 0 Å². The van der Waals surface area contributed by atoms with Crippen LogP contribution >= 0.6 is 0 Å². The third kappa shape index (κ3) is 2.13. The van der Waals surface area contributed by atoms with Gasteiger partial charge in [0, 0.05) is 25.7 Å². The molecule has 2 rings (SSSR count). The number of hydrogen-bond donors (Lipinski definition) is 0. The van der Waals surface area contributed by atoms with E-state index in [0.717, 1.165) is 6.54 Å². The van der Waals surface area contributed by atoms with Gasteiger partial charge in [0.25, 0.3) is 0 Å². The molecule has 15 heavy (non-hydrogen) atoms. The molecule has 0 atom stereocenters. The first-order chi connectivity index (χ1) is 7.09. The molecule has 0 unspecified atom stereocenters. The number of rotatable bonds is 3. The zero-order chi connectivity index (χ0) is 11.0. The first kappa shape index (κ1) is 10.5. The van der Waals surface area contributed by atoms with E-state index in [0.29, 0.717) is 19.0 Å². The highest BCUT2D eigenvalue weighted by Crippen LogP contribution is 2.30. The lowest BCUT2D eigenvalue weighted by molar-refractivity contribution is -0.157. The topological polar surface area (TPSA) is 40.6 Å². The van der Waals surface area contributed by atoms with Crippen LogP contribution in [0.15, 0.2) is 0 Å². The Morgan fingerprint density at radius 1 is 1.20 bits per heavy atom. The molecule has 1 saturated carbocycles. The Kier molecular flexibility index (Phi) is 2.67. The van der Waals surface area contributed by atoms with Crippen molar-refractivity contribution in [3.8, 4) is 0 Å². The predicted octanol–water partition coefficient (Wildman–Crippen LogP) is 0.476. The van der Waals surface area contributed by atoms with E-state index in [-0.39, 0.29) is 17.9 Å². The van der Waals surface area contributed by atoms with Crippen LogP contribution in [-0.2, 0) is 9.59 Å². The molecule has 2 amide bonds. The van der Waals surface area contributed by atoms with Crippen molar-refractivity contribution in [1.82, 2.24) is 9.80 Å². The fourth-order valence-corrected chi connectivity index (χ4v) is 1.97. The number of carbonyl (C=O) groups excluding carboxylic acids is 2. The molecule has 1 aliphatic heterocycles. The minimum atomic E-state index is -0.322. The Labute approximate surface area is 90.2 Å². The van der Waals surface area contributed by atoms with E-state index in [2.05, 4.69) is 0 Å². The summed E-state index contributed by atoms with van der Waals surface area (Å²) in [6.07, 6.45) is 2.43. The fraction of sp³-hybridized carbons (Fsp3) is 0.818. The van der Waals surface area contributed by atoms with Gasteiger partial charge in [-0.25, -0.2) is 0 Å². The van der Waals surface area contributed by atoms with E-state index in [1.165, 1.54) is 12.8 Å². The average Bonchev–Trinajstić information content (AvgIpc) is 2.96. The molecule has 4 nitrogen and oxygen atoms in total. The van der Waals surface area contributed by atoms with Crippen LogP contribution in [0.4, 0.5) is 0 Å². The highest BCUT2D eigenvalue weighted by molar-refractivity contribution is 6.35. The molecule has 1 aliphatic carbocycles. The summed E-state index contributed by atoms with van der Waals surface area (Å²) in [4.78, 5) is 26.8. The third-order valence-electron chi connectivity index (χ3n) is 3.14. The zero-order valence-electron chi connectivity index (χ0n) is 9.40. The maximum absolute atomic E-state index is 11.7. The quantitative estimate of drug-likeness (QED) is 0.636. The number of carbonyl (C=O) groups is 2. The summed E-state index contributed by atoms with van der Waals surface area (Å²) in [6.45, 7) is 6.08. The van der Waals surface area contributed by atoms with Crippen LogP contribution in [0.2, 0.25) is 0 Å². The first-order valence-electron chi connectivity index (χ1n) is 5.69. The van der Waals surface area contributed by atoms with E-state index in [1.807, 2.05) is 13.8 Å². The average molecular weight is 210 g/mol. The summed E-state index contributed by atoms with van der Waals surface area (Å²) < 4.78 is 0. The minimum Gasteiger partial charge on any atom is -0.332 e. The van der Waals surface area contributed by atoms with Crippen LogP contribution in [0.5, 0.6) is 0 Å². The maximum atomic E-state index is 11.7. The second kappa shape index (κ2) is 3.83. The lowest BCUT2D eigenvalue weighted by atomic mass is 10.2. The molecule has 0 aromatic heterocycles. The Hall–Kier alpha value is -1.06. The minimum absolute atomic E-state index is 0.129. The van der Waals surface area contributed by atoms with Crippen molar-refractivity contribution in [1.29, 1.82) is 0 Å². The third-order valence-corrected chi connectivity index (χ3v) is 3.14. The molecule has 0 radical (unpaired) electrons. The summed E-state index contributed by atoms with van der Waals surface area (Å²) in [5, 5.41) is 0. The second-order valence-corrected chi connectivity index (χ2v) is 4.79. The molecule has 0 aromatic rings. The van der Waals surface area contributed by atoms with E-state index < -0.39 is 0 Å². The van der Waals surface area contributed by atoms with Crippen LogP contribution in [0.3, 0.4) is 0 Å². The smallest absolute Gasteiger partial charge is 0.312 e. The summed E-state index contributed by atoms with van der Waals surface area (Å²) in [7, 11) is 0. The van der Waals surface area contributed by atoms with Gasteiger partial charge in [0.05, 0.1) is 0 Å². The number of amides is 2. The van der Waals surface area contributed by atoms with E-state index in [1.54, 1.807) is 9.80 Å². The van der Waals surface area contributed by atoms with Crippen molar-refractivity contribution >= 4 is 11.8 Å². The molecular formula is C11H18N2O2. The van der Waals surface area contributed by atoms with Crippen molar-refractivity contribution < 1.29 is 9.59 Å². The molecular weight excluding hydrogens is 192 g/mol. The van der Waals surface area contributed by atoms with Gasteiger partial charge in [0.1, 0.15) is 0 Å². The molecule has 0 bridgehead atoms. The van der Waals surface area contributed by atoms with Crippen LogP contribution < -0.4 is 0 Å². The molecule has 1 heterocycles. The van der Waals surface area contributed by atoms with Crippen molar-refractivity contribution in [3.05, 3.63) is 0 Å². The van der Waals surface area contributed by atoms with Gasteiger partial charge in [0.15, 0.2) is 0 Å². The van der Waals surface area contributed by atoms with Gasteiger partial charge < -0.3 is 9.80 Å². The van der Waals surface area contributed by atoms with E-state index in [4.69, 9.17) is 0 Å². The standard InChI is InChI=1S/C11H18N2O2/c1-8(2)13-6-5-12(7-9-3-4-9)10(14)11(13)15/h8-9H,3-7H2,1-2H3. The Bertz CT molecular complexity index is 284. The van der Waals surface area contributed by atoms with E-state index >= 15 is 0 Å². The van der Waals surface area contributed by atoms with Gasteiger partial charge in [-0.05, 0) is 32.6 Å². The number of piperazine rings is 1. The maximum Gasteiger partial charge on any atom is 0.312 e. The van der Waals surface area contributed by atoms with E-state index in [9.17, 15) is 9.59 Å². The van der Waals surface area contributed by atoms with Crippen molar-refractivity contribution in [2.75, 3.05) is 19.6 Å². The largest absolute Gasteiger partial charge is 0.332 e. The molecule has 84 valence electrons. The Morgan fingerprint density at radius 2 is 1.87 bits per heavy atom. The molecule has 2 aliphatic rings. The van der Waals surface area contributed by atoms with Gasteiger partial charge in [-0.1, -0.05) is 0 Å². The lowest BCUT2D eigenvalue weighted by Crippen LogP contribution is -2.56. The number of hydrogen-bond acceptors (Lipinski definition) is 2. The molecule has 0 N–H and O–H groups in total. The van der Waals surface area contributed by atoms with Gasteiger partial charge in [-0.3, -0.25) is 9.59 Å². The fourth-order valence-electron chi connectivity index (χ4n) is 1.97. The monoisotopic (exact) mass is 210 g/mol. The predicted molar refractivity (Wildman–Crippen MR) is 56.2 cm³/mol. The number of nitrogens with zero attached hydrogens (tertiary/aromatic N) is 2. The summed E-state index contributed by atoms with van der Waals surface area (Å²) >= 11 is 0. The van der Waals surface area contributed by atoms with Gasteiger partial charge in [-0.15, -0.1) is 0 Å². The summed E-state index contributed by atoms with van der Waals surface area (Å²) in [5.41, 5.74) is 0. The highest BCUT2D eigenvalue weighted by atomic mass is 16.2. The summed E-state index contributed by atoms with van der Waals surface area (Å²) in [6, 6.07) is 0.129. The molecule has 0 spiro atoms. The molecule has 0 aromatic carbocycles. The zero-order valence-corrected chi connectivity index (χ0v) is 9.40. The van der Waals surface area contributed by atoms with Crippen molar-refractivity contribution in [2.45, 2.75) is 32.7 Å². The second-order valence-electron chi connectivity index (χ2n) is 4.79. The van der Waals surface area contributed by atoms with Crippen LogP contribution in [0.25, 0.3) is 0 Å². The first-order valence-corrected chi connectivity index (χ1v) is 5.69. The Morgan fingerprint density at radius 3 is 2.40 bits per heavy atom. The van der Waals surface area contributed by atoms with Crippen molar-refractivity contribution in [3.63, 3.8) is 0 Å². The van der Waals surface area contributed by atoms with Gasteiger partial charge >= 0.3 is 11.8 Å². The molecule has 1 saturated heterocycles. The Balaban J connectivity index is 1.97. The lowest BCUT2D eigenvalue weighted by Gasteiger charge is -2.36. The normalized spacial score (nSPS) is 22.9. The SMILES string of the molecule is CC(C)N1CCN(CC2CC2)C(=O)C1=O. The highest BCUT2D eigenvalue weighted by Gasteiger charge is 2.36. The summed E-state index contributed by atoms with van der Waals surface area (Å²) in [5.74, 6) is 0.0334. The van der Waals surface area contributed by atoms with Crippen LogP contribution in [0, 0.1) is 5.92 Å². The molecule has 4 heteroatoms. The van der Waals surface area contributed by atoms with Crippen LogP contribution in [-0.4, -0.2) is 47.3 Å².